The Hall–Kier alpha value is -3.13. The molecule has 0 unspecified atom stereocenters. The first-order valence-corrected chi connectivity index (χ1v) is 9.86. The summed E-state index contributed by atoms with van der Waals surface area (Å²) in [6, 6.07) is 7.75. The van der Waals surface area contributed by atoms with Crippen LogP contribution in [-0.2, 0) is 17.8 Å². The first kappa shape index (κ1) is 19.2. The number of rotatable bonds is 6. The quantitative estimate of drug-likeness (QED) is 0.690. The summed E-state index contributed by atoms with van der Waals surface area (Å²) in [5, 5.41) is 0. The molecule has 0 spiro atoms. The highest BCUT2D eigenvalue weighted by Gasteiger charge is 2.17. The van der Waals surface area contributed by atoms with Gasteiger partial charge in [0.2, 0.25) is 0 Å². The number of nitrogens with zero attached hydrogens (tertiary/aromatic N) is 3. The Morgan fingerprint density at radius 3 is 2.59 bits per heavy atom. The van der Waals surface area contributed by atoms with E-state index in [1.165, 1.54) is 9.13 Å². The maximum atomic E-state index is 12.5. The summed E-state index contributed by atoms with van der Waals surface area (Å²) in [7, 11) is 0. The molecule has 2 aromatic heterocycles. The van der Waals surface area contributed by atoms with E-state index in [1.807, 2.05) is 37.3 Å². The van der Waals surface area contributed by atoms with E-state index in [4.69, 9.17) is 9.47 Å². The van der Waals surface area contributed by atoms with E-state index in [1.54, 1.807) is 13.0 Å². The molecule has 8 heteroatoms. The number of imidazole rings is 1. The van der Waals surface area contributed by atoms with Crippen molar-refractivity contribution in [1.82, 2.24) is 19.1 Å². The number of benzene rings is 1. The number of nitrogens with one attached hydrogen (secondary N) is 1. The lowest BCUT2D eigenvalue weighted by Gasteiger charge is -2.11. The normalized spacial score (nSPS) is 16.8. The lowest BCUT2D eigenvalue weighted by molar-refractivity contribution is 0.141. The predicted octanol–water partition coefficient (Wildman–Crippen LogP) is 2.26. The van der Waals surface area contributed by atoms with Gasteiger partial charge in [0.05, 0.1) is 13.2 Å². The Labute approximate surface area is 167 Å². The van der Waals surface area contributed by atoms with Crippen LogP contribution in [-0.4, -0.2) is 38.4 Å². The van der Waals surface area contributed by atoms with Gasteiger partial charge in [0, 0.05) is 19.5 Å². The van der Waals surface area contributed by atoms with Crippen molar-refractivity contribution in [3.05, 3.63) is 56.5 Å². The Morgan fingerprint density at radius 1 is 1.17 bits per heavy atom. The second-order valence-corrected chi connectivity index (χ2v) is 6.90. The average molecular weight is 396 g/mol. The summed E-state index contributed by atoms with van der Waals surface area (Å²) in [4.78, 5) is 32.5. The molecule has 1 fully saturated rings. The molecule has 29 heavy (non-hydrogen) atoms. The van der Waals surface area contributed by atoms with Crippen molar-refractivity contribution in [1.29, 1.82) is 0 Å². The smallest absolute Gasteiger partial charge is 0.332 e. The van der Waals surface area contributed by atoms with Crippen molar-refractivity contribution >= 4 is 23.3 Å². The molecule has 8 nitrogen and oxygen atoms in total. The molecule has 0 amide bonds. The van der Waals surface area contributed by atoms with Crippen LogP contribution in [0.4, 0.5) is 0 Å². The SMILES string of the molecule is CCn1c(=O)c2[nH]c(/C=C/c3ccc(O[C@H]4CCOC4)cc3)nc2n(CC)c1=O. The summed E-state index contributed by atoms with van der Waals surface area (Å²) in [6.07, 6.45) is 4.72. The predicted molar refractivity (Wildman–Crippen MR) is 111 cm³/mol. The lowest BCUT2D eigenvalue weighted by Crippen LogP contribution is -2.39. The van der Waals surface area contributed by atoms with E-state index in [9.17, 15) is 9.59 Å². The van der Waals surface area contributed by atoms with Crippen LogP contribution in [0.3, 0.4) is 0 Å². The summed E-state index contributed by atoms with van der Waals surface area (Å²) in [6.45, 7) is 5.78. The molecule has 0 bridgehead atoms. The van der Waals surface area contributed by atoms with Gasteiger partial charge in [-0.25, -0.2) is 9.78 Å². The highest BCUT2D eigenvalue weighted by molar-refractivity contribution is 5.75. The second-order valence-electron chi connectivity index (χ2n) is 6.90. The van der Waals surface area contributed by atoms with E-state index in [0.717, 1.165) is 24.3 Å². The van der Waals surface area contributed by atoms with Crippen molar-refractivity contribution < 1.29 is 9.47 Å². The Kier molecular flexibility index (Phi) is 5.35. The fourth-order valence-electron chi connectivity index (χ4n) is 3.46. The van der Waals surface area contributed by atoms with E-state index in [2.05, 4.69) is 9.97 Å². The first-order chi connectivity index (χ1) is 14.1. The van der Waals surface area contributed by atoms with E-state index in [-0.39, 0.29) is 17.4 Å². The number of aromatic amines is 1. The molecule has 3 aromatic rings. The van der Waals surface area contributed by atoms with Crippen molar-refractivity contribution in [2.24, 2.45) is 0 Å². The monoisotopic (exact) mass is 396 g/mol. The lowest BCUT2D eigenvalue weighted by atomic mass is 10.2. The van der Waals surface area contributed by atoms with Gasteiger partial charge >= 0.3 is 5.69 Å². The summed E-state index contributed by atoms with van der Waals surface area (Å²) >= 11 is 0. The van der Waals surface area contributed by atoms with Crippen molar-refractivity contribution in [3.63, 3.8) is 0 Å². The zero-order chi connectivity index (χ0) is 20.4. The third-order valence-corrected chi connectivity index (χ3v) is 5.02. The Morgan fingerprint density at radius 2 is 1.93 bits per heavy atom. The van der Waals surface area contributed by atoms with E-state index >= 15 is 0 Å². The maximum absolute atomic E-state index is 12.5. The van der Waals surface area contributed by atoms with Crippen molar-refractivity contribution in [3.8, 4) is 5.75 Å². The van der Waals surface area contributed by atoms with Gasteiger partial charge in [-0.2, -0.15) is 0 Å². The van der Waals surface area contributed by atoms with E-state index < -0.39 is 0 Å². The molecular weight excluding hydrogens is 372 g/mol. The largest absolute Gasteiger partial charge is 0.488 e. The minimum absolute atomic E-state index is 0.121. The van der Waals surface area contributed by atoms with Gasteiger partial charge in [-0.05, 0) is 37.6 Å². The molecule has 1 N–H and O–H groups in total. The zero-order valence-corrected chi connectivity index (χ0v) is 16.6. The average Bonchev–Trinajstić information content (AvgIpc) is 3.38. The molecule has 1 atom stereocenters. The molecule has 4 rings (SSSR count). The van der Waals surface area contributed by atoms with Gasteiger partial charge in [0.25, 0.3) is 5.56 Å². The van der Waals surface area contributed by atoms with Gasteiger partial charge in [-0.1, -0.05) is 18.2 Å². The minimum atomic E-state index is -0.346. The number of aryl methyl sites for hydroxylation is 1. The summed E-state index contributed by atoms with van der Waals surface area (Å²) < 4.78 is 13.9. The van der Waals surface area contributed by atoms with Crippen LogP contribution >= 0.6 is 0 Å². The highest BCUT2D eigenvalue weighted by atomic mass is 16.5. The van der Waals surface area contributed by atoms with Gasteiger partial charge in [-0.3, -0.25) is 13.9 Å². The number of hydrogen-bond acceptors (Lipinski definition) is 5. The fourth-order valence-corrected chi connectivity index (χ4v) is 3.46. The third kappa shape index (κ3) is 3.75. The minimum Gasteiger partial charge on any atom is -0.488 e. The molecule has 1 saturated heterocycles. The highest BCUT2D eigenvalue weighted by Crippen LogP contribution is 2.18. The summed E-state index contributed by atoms with van der Waals surface area (Å²) in [5.74, 6) is 1.34. The van der Waals surface area contributed by atoms with Crippen LogP contribution in [0.2, 0.25) is 0 Å². The molecule has 0 radical (unpaired) electrons. The van der Waals surface area contributed by atoms with Crippen molar-refractivity contribution in [2.45, 2.75) is 39.5 Å². The molecule has 0 aliphatic carbocycles. The maximum Gasteiger partial charge on any atom is 0.332 e. The number of H-pyrrole nitrogens is 1. The van der Waals surface area contributed by atoms with E-state index in [0.29, 0.717) is 36.7 Å². The first-order valence-electron chi connectivity index (χ1n) is 9.86. The van der Waals surface area contributed by atoms with Crippen molar-refractivity contribution in [2.75, 3.05) is 13.2 Å². The third-order valence-electron chi connectivity index (χ3n) is 5.02. The van der Waals surface area contributed by atoms with Crippen LogP contribution in [0.1, 0.15) is 31.7 Å². The Bertz CT molecular complexity index is 1150. The zero-order valence-electron chi connectivity index (χ0n) is 16.6. The van der Waals surface area contributed by atoms with Crippen LogP contribution in [0.25, 0.3) is 23.3 Å². The van der Waals surface area contributed by atoms with Gasteiger partial charge in [-0.15, -0.1) is 0 Å². The molecule has 1 aromatic carbocycles. The van der Waals surface area contributed by atoms with Gasteiger partial charge in [0.1, 0.15) is 23.2 Å². The molecule has 0 saturated carbocycles. The Balaban J connectivity index is 1.59. The number of fused-ring (bicyclic) bond motifs is 1. The van der Waals surface area contributed by atoms with Gasteiger partial charge in [0.15, 0.2) is 5.65 Å². The van der Waals surface area contributed by atoms with Crippen LogP contribution in [0.15, 0.2) is 33.9 Å². The molecular formula is C21H24N4O4. The number of aromatic nitrogens is 4. The van der Waals surface area contributed by atoms with Crippen LogP contribution < -0.4 is 16.0 Å². The standard InChI is InChI=1S/C21H24N4O4/c1-3-24-19-18(20(26)25(4-2)21(24)27)22-17(23-19)10-7-14-5-8-15(9-6-14)29-16-11-12-28-13-16/h5-10,16H,3-4,11-13H2,1-2H3,(H,22,23)/b10-7+/t16-/m0/s1. The summed E-state index contributed by atoms with van der Waals surface area (Å²) in [5.41, 5.74) is 1.02. The fraction of sp³-hybridized carbons (Fsp3) is 0.381. The second kappa shape index (κ2) is 8.08. The molecule has 152 valence electrons. The van der Waals surface area contributed by atoms with Crippen LogP contribution in [0, 0.1) is 0 Å². The van der Waals surface area contributed by atoms with Crippen LogP contribution in [0.5, 0.6) is 5.75 Å². The molecule has 1 aliphatic heterocycles. The van der Waals surface area contributed by atoms with Gasteiger partial charge < -0.3 is 14.5 Å². The molecule has 3 heterocycles. The molecule has 1 aliphatic rings. The number of ether oxygens (including phenoxy) is 2. The number of hydrogen-bond donors (Lipinski definition) is 1. The topological polar surface area (TPSA) is 91.1 Å².